The zero-order valence-corrected chi connectivity index (χ0v) is 18.9. The molecule has 0 radical (unpaired) electrons. The van der Waals surface area contributed by atoms with Gasteiger partial charge in [-0.3, -0.25) is 0 Å². The first-order valence-electron chi connectivity index (χ1n) is 10.1. The molecule has 1 aromatic heterocycles. The average Bonchev–Trinajstić information content (AvgIpc) is 3.08. The van der Waals surface area contributed by atoms with E-state index in [1.54, 1.807) is 14.2 Å². The highest BCUT2D eigenvalue weighted by Crippen LogP contribution is 2.25. The zero-order valence-electron chi connectivity index (χ0n) is 18.9. The highest BCUT2D eigenvalue weighted by Gasteiger charge is 2.13. The normalized spacial score (nSPS) is 11.5. The Bertz CT molecular complexity index is 821. The van der Waals surface area contributed by atoms with Crippen molar-refractivity contribution in [1.82, 2.24) is 25.0 Å². The summed E-state index contributed by atoms with van der Waals surface area (Å²) in [7, 11) is 7.25. The maximum atomic E-state index is 5.54. The van der Waals surface area contributed by atoms with E-state index in [0.717, 1.165) is 60.9 Å². The molecule has 0 atom stereocenters. The molecule has 30 heavy (non-hydrogen) atoms. The molecule has 0 bridgehead atoms. The zero-order chi connectivity index (χ0) is 21.9. The number of hydrogen-bond acceptors (Lipinski definition) is 6. The Balaban J connectivity index is 2.13. The van der Waals surface area contributed by atoms with Gasteiger partial charge in [0.1, 0.15) is 23.9 Å². The molecule has 0 fully saturated rings. The largest absolute Gasteiger partial charge is 0.497 e. The van der Waals surface area contributed by atoms with Gasteiger partial charge in [-0.15, -0.1) is 10.2 Å². The monoisotopic (exact) mass is 418 g/mol. The molecule has 0 spiro atoms. The van der Waals surface area contributed by atoms with Gasteiger partial charge in [-0.2, -0.15) is 0 Å². The summed E-state index contributed by atoms with van der Waals surface area (Å²) in [6.07, 6.45) is 0.898. The number of aromatic nitrogens is 3. The molecular formula is C21H34N6O3. The van der Waals surface area contributed by atoms with E-state index in [1.165, 1.54) is 0 Å². The van der Waals surface area contributed by atoms with Crippen molar-refractivity contribution >= 4 is 5.96 Å². The molecule has 166 valence electrons. The third kappa shape index (κ3) is 6.62. The first-order valence-corrected chi connectivity index (χ1v) is 10.1. The summed E-state index contributed by atoms with van der Waals surface area (Å²) in [4.78, 5) is 6.84. The molecule has 0 amide bonds. The Morgan fingerprint density at radius 3 is 2.67 bits per heavy atom. The molecule has 9 nitrogen and oxygen atoms in total. The molecule has 1 aromatic carbocycles. The van der Waals surface area contributed by atoms with Crippen LogP contribution in [-0.4, -0.2) is 66.6 Å². The van der Waals surface area contributed by atoms with Crippen molar-refractivity contribution in [2.24, 2.45) is 12.0 Å². The maximum Gasteiger partial charge on any atom is 0.194 e. The molecule has 1 heterocycles. The number of aliphatic imine (C=N–C) groups is 1. The van der Waals surface area contributed by atoms with E-state index in [1.807, 2.05) is 50.7 Å². The average molecular weight is 419 g/mol. The first kappa shape index (κ1) is 23.5. The van der Waals surface area contributed by atoms with Gasteiger partial charge < -0.3 is 29.0 Å². The summed E-state index contributed by atoms with van der Waals surface area (Å²) in [6, 6.07) is 5.82. The Labute approximate surface area is 179 Å². The fourth-order valence-electron chi connectivity index (χ4n) is 2.88. The lowest BCUT2D eigenvalue weighted by atomic mass is 10.2. The van der Waals surface area contributed by atoms with Gasteiger partial charge in [-0.05, 0) is 32.4 Å². The smallest absolute Gasteiger partial charge is 0.194 e. The van der Waals surface area contributed by atoms with Gasteiger partial charge in [-0.25, -0.2) is 4.99 Å². The molecule has 2 rings (SSSR count). The molecule has 0 aliphatic carbocycles. The van der Waals surface area contributed by atoms with Crippen LogP contribution in [0, 0.1) is 6.92 Å². The van der Waals surface area contributed by atoms with Crippen molar-refractivity contribution in [2.45, 2.75) is 33.4 Å². The summed E-state index contributed by atoms with van der Waals surface area (Å²) in [6.45, 7) is 7.20. The van der Waals surface area contributed by atoms with Crippen LogP contribution in [0.25, 0.3) is 0 Å². The minimum Gasteiger partial charge on any atom is -0.497 e. The minimum atomic E-state index is 0.440. The minimum absolute atomic E-state index is 0.440. The quantitative estimate of drug-likeness (QED) is 0.340. The van der Waals surface area contributed by atoms with E-state index < -0.39 is 0 Å². The van der Waals surface area contributed by atoms with Gasteiger partial charge >= 0.3 is 0 Å². The van der Waals surface area contributed by atoms with Crippen molar-refractivity contribution in [1.29, 1.82) is 0 Å². The highest BCUT2D eigenvalue weighted by atomic mass is 16.5. The van der Waals surface area contributed by atoms with Crippen LogP contribution >= 0.6 is 0 Å². The van der Waals surface area contributed by atoms with Crippen LogP contribution in [0.15, 0.2) is 23.2 Å². The van der Waals surface area contributed by atoms with Crippen molar-refractivity contribution in [2.75, 3.05) is 41.0 Å². The van der Waals surface area contributed by atoms with Gasteiger partial charge in [0.25, 0.3) is 0 Å². The topological polar surface area (TPSA) is 86.0 Å². The Hall–Kier alpha value is -2.81. The van der Waals surface area contributed by atoms with Crippen LogP contribution in [0.1, 0.15) is 30.6 Å². The number of guanidine groups is 1. The van der Waals surface area contributed by atoms with Crippen LogP contribution in [0.3, 0.4) is 0 Å². The SMILES string of the molecule is CCOCCCNC(=NCc1nnc(C)n1C)N(C)Cc1ccc(OC)cc1OC. The molecule has 0 saturated carbocycles. The fraction of sp³-hybridized carbons (Fsp3) is 0.571. The van der Waals surface area contributed by atoms with E-state index >= 15 is 0 Å². The van der Waals surface area contributed by atoms with E-state index in [0.29, 0.717) is 13.1 Å². The number of nitrogens with one attached hydrogen (secondary N) is 1. The van der Waals surface area contributed by atoms with E-state index in [-0.39, 0.29) is 0 Å². The molecule has 0 saturated heterocycles. The number of aryl methyl sites for hydroxylation is 1. The Morgan fingerprint density at radius 2 is 2.03 bits per heavy atom. The number of hydrogen-bond donors (Lipinski definition) is 1. The lowest BCUT2D eigenvalue weighted by Gasteiger charge is -2.24. The predicted octanol–water partition coefficient (Wildman–Crippen LogP) is 2.14. The van der Waals surface area contributed by atoms with Crippen LogP contribution in [-0.2, 0) is 24.9 Å². The van der Waals surface area contributed by atoms with Crippen molar-refractivity contribution in [3.05, 3.63) is 35.4 Å². The second-order valence-electron chi connectivity index (χ2n) is 6.87. The lowest BCUT2D eigenvalue weighted by molar-refractivity contribution is 0.145. The summed E-state index contributed by atoms with van der Waals surface area (Å²) < 4.78 is 18.2. The van der Waals surface area contributed by atoms with E-state index in [4.69, 9.17) is 19.2 Å². The summed E-state index contributed by atoms with van der Waals surface area (Å²) in [5.74, 6) is 4.00. The second kappa shape index (κ2) is 12.0. The predicted molar refractivity (Wildman–Crippen MR) is 117 cm³/mol. The number of methoxy groups -OCH3 is 2. The van der Waals surface area contributed by atoms with Gasteiger partial charge in [0.2, 0.25) is 0 Å². The number of nitrogens with zero attached hydrogens (tertiary/aromatic N) is 5. The van der Waals surface area contributed by atoms with Crippen LogP contribution < -0.4 is 14.8 Å². The van der Waals surface area contributed by atoms with Crippen molar-refractivity contribution < 1.29 is 14.2 Å². The molecular weight excluding hydrogens is 384 g/mol. The van der Waals surface area contributed by atoms with Crippen molar-refractivity contribution in [3.63, 3.8) is 0 Å². The van der Waals surface area contributed by atoms with Crippen LogP contribution in [0.2, 0.25) is 0 Å². The van der Waals surface area contributed by atoms with Crippen LogP contribution in [0.5, 0.6) is 11.5 Å². The highest BCUT2D eigenvalue weighted by molar-refractivity contribution is 5.79. The van der Waals surface area contributed by atoms with Crippen molar-refractivity contribution in [3.8, 4) is 11.5 Å². The summed E-state index contributed by atoms with van der Waals surface area (Å²) in [5.41, 5.74) is 1.04. The van der Waals surface area contributed by atoms with E-state index in [9.17, 15) is 0 Å². The third-order valence-electron chi connectivity index (χ3n) is 4.77. The molecule has 0 aliphatic heterocycles. The van der Waals surface area contributed by atoms with Crippen LogP contribution in [0.4, 0.5) is 0 Å². The molecule has 0 aliphatic rings. The number of ether oxygens (including phenoxy) is 3. The maximum absolute atomic E-state index is 5.54. The molecule has 9 heteroatoms. The van der Waals surface area contributed by atoms with Gasteiger partial charge in [0, 0.05) is 52.0 Å². The second-order valence-corrected chi connectivity index (χ2v) is 6.87. The number of rotatable bonds is 11. The first-order chi connectivity index (χ1) is 14.5. The summed E-state index contributed by atoms with van der Waals surface area (Å²) in [5, 5.41) is 11.7. The van der Waals surface area contributed by atoms with Gasteiger partial charge in [0.05, 0.1) is 14.2 Å². The van der Waals surface area contributed by atoms with Gasteiger partial charge in [0.15, 0.2) is 11.8 Å². The van der Waals surface area contributed by atoms with Gasteiger partial charge in [-0.1, -0.05) is 0 Å². The molecule has 2 aromatic rings. The Kier molecular flexibility index (Phi) is 9.40. The standard InChI is InChI=1S/C21H34N6O3/c1-7-30-12-8-11-22-21(23-14-20-25-24-16(2)27(20)4)26(3)15-17-9-10-18(28-5)13-19(17)29-6/h9-10,13H,7-8,11-12,14-15H2,1-6H3,(H,22,23). The molecule has 0 unspecified atom stereocenters. The summed E-state index contributed by atoms with van der Waals surface area (Å²) >= 11 is 0. The number of benzene rings is 1. The third-order valence-corrected chi connectivity index (χ3v) is 4.77. The Morgan fingerprint density at radius 1 is 1.23 bits per heavy atom. The fourth-order valence-corrected chi connectivity index (χ4v) is 2.88. The molecule has 1 N–H and O–H groups in total. The lowest BCUT2D eigenvalue weighted by Crippen LogP contribution is -2.39. The van der Waals surface area contributed by atoms with E-state index in [2.05, 4.69) is 20.4 Å².